The Morgan fingerprint density at radius 3 is 2.84 bits per heavy atom. The molecule has 1 aromatic heterocycles. The Kier molecular flexibility index (Phi) is 4.16. The Hall–Kier alpha value is -1.88. The van der Waals surface area contributed by atoms with Crippen molar-refractivity contribution in [2.45, 2.75) is 20.3 Å². The summed E-state index contributed by atoms with van der Waals surface area (Å²) in [6.45, 7) is 4.22. The lowest BCUT2D eigenvalue weighted by atomic mass is 10.2. The van der Waals surface area contributed by atoms with Gasteiger partial charge in [-0.05, 0) is 31.5 Å². The highest BCUT2D eigenvalue weighted by molar-refractivity contribution is 7.13. The van der Waals surface area contributed by atoms with Gasteiger partial charge in [0.15, 0.2) is 0 Å². The molecule has 0 unspecified atom stereocenters. The highest BCUT2D eigenvalue weighted by Crippen LogP contribution is 2.19. The summed E-state index contributed by atoms with van der Waals surface area (Å²) in [7, 11) is 0. The minimum Gasteiger partial charge on any atom is -0.493 e. The van der Waals surface area contributed by atoms with Crippen LogP contribution in [0.4, 0.5) is 0 Å². The van der Waals surface area contributed by atoms with Crippen LogP contribution in [0.1, 0.15) is 25.9 Å². The fourth-order valence-corrected chi connectivity index (χ4v) is 2.60. The molecule has 2 rings (SSSR count). The fraction of sp³-hybridized carbons (Fsp3) is 0.286. The van der Waals surface area contributed by atoms with E-state index in [2.05, 4.69) is 4.98 Å². The number of benzene rings is 1. The molecule has 0 aliphatic rings. The summed E-state index contributed by atoms with van der Waals surface area (Å²) >= 11 is 1.22. The van der Waals surface area contributed by atoms with Crippen molar-refractivity contribution in [2.24, 2.45) is 0 Å². The van der Waals surface area contributed by atoms with Crippen molar-refractivity contribution in [1.82, 2.24) is 4.98 Å². The zero-order chi connectivity index (χ0) is 13.8. The van der Waals surface area contributed by atoms with Crippen LogP contribution in [0.15, 0.2) is 24.3 Å². The first-order valence-corrected chi connectivity index (χ1v) is 6.77. The van der Waals surface area contributed by atoms with E-state index in [0.29, 0.717) is 23.6 Å². The number of carboxylic acids is 1. The summed E-state index contributed by atoms with van der Waals surface area (Å²) in [5.74, 6) is -0.0902. The van der Waals surface area contributed by atoms with Crippen molar-refractivity contribution in [2.75, 3.05) is 6.61 Å². The lowest BCUT2D eigenvalue weighted by Crippen LogP contribution is -2.01. The van der Waals surface area contributed by atoms with E-state index >= 15 is 0 Å². The number of aryl methyl sites for hydroxylation is 2. The molecule has 0 atom stereocenters. The highest BCUT2D eigenvalue weighted by atomic mass is 32.1. The molecule has 2 aromatic rings. The molecule has 0 spiro atoms. The van der Waals surface area contributed by atoms with E-state index in [-0.39, 0.29) is 0 Å². The van der Waals surface area contributed by atoms with Crippen molar-refractivity contribution < 1.29 is 14.6 Å². The Labute approximate surface area is 115 Å². The quantitative estimate of drug-likeness (QED) is 0.912. The molecule has 0 saturated carbocycles. The third-order valence-corrected chi connectivity index (χ3v) is 3.81. The Morgan fingerprint density at radius 2 is 2.21 bits per heavy atom. The topological polar surface area (TPSA) is 59.4 Å². The van der Waals surface area contributed by atoms with Gasteiger partial charge in [-0.25, -0.2) is 9.78 Å². The zero-order valence-corrected chi connectivity index (χ0v) is 11.7. The van der Waals surface area contributed by atoms with Crippen LogP contribution >= 0.6 is 11.3 Å². The van der Waals surface area contributed by atoms with E-state index in [0.717, 1.165) is 16.3 Å². The second kappa shape index (κ2) is 5.84. The Morgan fingerprint density at radius 1 is 1.42 bits per heavy atom. The van der Waals surface area contributed by atoms with Crippen LogP contribution in [0.2, 0.25) is 0 Å². The van der Waals surface area contributed by atoms with Crippen LogP contribution in [0.5, 0.6) is 5.75 Å². The van der Waals surface area contributed by atoms with Crippen molar-refractivity contribution in [3.05, 3.63) is 45.4 Å². The summed E-state index contributed by atoms with van der Waals surface area (Å²) in [5, 5.41) is 9.75. The van der Waals surface area contributed by atoms with E-state index in [4.69, 9.17) is 9.84 Å². The van der Waals surface area contributed by atoms with Crippen molar-refractivity contribution in [3.8, 4) is 5.75 Å². The first-order valence-electron chi connectivity index (χ1n) is 5.95. The highest BCUT2D eigenvalue weighted by Gasteiger charge is 2.13. The van der Waals surface area contributed by atoms with Gasteiger partial charge >= 0.3 is 5.97 Å². The maximum absolute atomic E-state index is 10.9. The number of thiazole rings is 1. The third kappa shape index (κ3) is 3.54. The van der Waals surface area contributed by atoms with Crippen LogP contribution in [0.3, 0.4) is 0 Å². The largest absolute Gasteiger partial charge is 0.493 e. The molecule has 0 aliphatic heterocycles. The van der Waals surface area contributed by atoms with E-state index in [1.807, 2.05) is 31.2 Å². The first kappa shape index (κ1) is 13.5. The monoisotopic (exact) mass is 277 g/mol. The van der Waals surface area contributed by atoms with Gasteiger partial charge in [0.1, 0.15) is 10.6 Å². The lowest BCUT2D eigenvalue weighted by molar-refractivity contribution is 0.0701. The van der Waals surface area contributed by atoms with Gasteiger partial charge in [0, 0.05) is 6.42 Å². The average molecular weight is 277 g/mol. The number of hydrogen-bond donors (Lipinski definition) is 1. The Balaban J connectivity index is 1.92. The molecule has 5 heteroatoms. The van der Waals surface area contributed by atoms with Gasteiger partial charge in [-0.1, -0.05) is 12.1 Å². The number of hydrogen-bond acceptors (Lipinski definition) is 4. The summed E-state index contributed by atoms with van der Waals surface area (Å²) in [5.41, 5.74) is 1.72. The standard InChI is InChI=1S/C14H15NO3S/c1-9-4-3-5-11(8-9)18-7-6-12-15-10(2)13(19-12)14(16)17/h3-5,8H,6-7H2,1-2H3,(H,16,17). The summed E-state index contributed by atoms with van der Waals surface area (Å²) in [6, 6.07) is 7.83. The SMILES string of the molecule is Cc1cccc(OCCc2nc(C)c(C(=O)O)s2)c1. The predicted molar refractivity (Wildman–Crippen MR) is 74.2 cm³/mol. The molecule has 100 valence electrons. The number of rotatable bonds is 5. The molecular formula is C14H15NO3S. The molecule has 4 nitrogen and oxygen atoms in total. The van der Waals surface area contributed by atoms with Gasteiger partial charge in [0.05, 0.1) is 17.3 Å². The molecule has 0 fully saturated rings. The van der Waals surface area contributed by atoms with Gasteiger partial charge < -0.3 is 9.84 Å². The maximum atomic E-state index is 10.9. The second-order valence-electron chi connectivity index (χ2n) is 4.24. The molecule has 1 heterocycles. The molecule has 0 bridgehead atoms. The Bertz CT molecular complexity index is 592. The number of carbonyl (C=O) groups is 1. The normalized spacial score (nSPS) is 10.4. The number of ether oxygens (including phenoxy) is 1. The average Bonchev–Trinajstić information content (AvgIpc) is 2.71. The van der Waals surface area contributed by atoms with Crippen LogP contribution < -0.4 is 4.74 Å². The van der Waals surface area contributed by atoms with Crippen molar-refractivity contribution in [1.29, 1.82) is 0 Å². The molecule has 0 radical (unpaired) electrons. The third-order valence-electron chi connectivity index (χ3n) is 2.61. The van der Waals surface area contributed by atoms with Crippen LogP contribution in [-0.2, 0) is 6.42 Å². The van der Waals surface area contributed by atoms with Crippen LogP contribution in [0, 0.1) is 13.8 Å². The summed E-state index contributed by atoms with van der Waals surface area (Å²) in [4.78, 5) is 15.5. The summed E-state index contributed by atoms with van der Waals surface area (Å²) < 4.78 is 5.62. The van der Waals surface area contributed by atoms with E-state index in [1.54, 1.807) is 6.92 Å². The summed E-state index contributed by atoms with van der Waals surface area (Å²) in [6.07, 6.45) is 0.618. The minimum absolute atomic E-state index is 0.311. The van der Waals surface area contributed by atoms with Crippen LogP contribution in [0.25, 0.3) is 0 Å². The van der Waals surface area contributed by atoms with Crippen LogP contribution in [-0.4, -0.2) is 22.7 Å². The predicted octanol–water partition coefficient (Wildman–Crippen LogP) is 3.08. The van der Waals surface area contributed by atoms with Crippen molar-refractivity contribution >= 4 is 17.3 Å². The van der Waals surface area contributed by atoms with Gasteiger partial charge in [0.2, 0.25) is 0 Å². The molecule has 0 saturated heterocycles. The molecule has 1 aromatic carbocycles. The second-order valence-corrected chi connectivity index (χ2v) is 5.33. The van der Waals surface area contributed by atoms with Crippen molar-refractivity contribution in [3.63, 3.8) is 0 Å². The van der Waals surface area contributed by atoms with E-state index in [9.17, 15) is 4.79 Å². The zero-order valence-electron chi connectivity index (χ0n) is 10.8. The molecule has 19 heavy (non-hydrogen) atoms. The minimum atomic E-state index is -0.916. The smallest absolute Gasteiger partial charge is 0.347 e. The van der Waals surface area contributed by atoms with Gasteiger partial charge in [-0.15, -0.1) is 11.3 Å². The number of aromatic nitrogens is 1. The lowest BCUT2D eigenvalue weighted by Gasteiger charge is -2.05. The number of carboxylic acid groups (broad SMARTS) is 1. The molecule has 0 amide bonds. The van der Waals surface area contributed by atoms with Gasteiger partial charge in [-0.2, -0.15) is 0 Å². The number of nitrogens with zero attached hydrogens (tertiary/aromatic N) is 1. The van der Waals surface area contributed by atoms with Gasteiger partial charge in [-0.3, -0.25) is 0 Å². The first-order chi connectivity index (χ1) is 9.06. The fourth-order valence-electron chi connectivity index (χ4n) is 1.72. The van der Waals surface area contributed by atoms with E-state index in [1.165, 1.54) is 11.3 Å². The molecule has 0 aliphatic carbocycles. The van der Waals surface area contributed by atoms with E-state index < -0.39 is 5.97 Å². The molecule has 1 N–H and O–H groups in total. The van der Waals surface area contributed by atoms with Gasteiger partial charge in [0.25, 0.3) is 0 Å². The maximum Gasteiger partial charge on any atom is 0.347 e. The molecular weight excluding hydrogens is 262 g/mol. The number of aromatic carboxylic acids is 1.